The highest BCUT2D eigenvalue weighted by atomic mass is 32.1. The molecule has 1 heterocycles. The first-order valence-electron chi connectivity index (χ1n) is 5.35. The summed E-state index contributed by atoms with van der Waals surface area (Å²) in [7, 11) is 0. The van der Waals surface area contributed by atoms with Crippen molar-refractivity contribution in [2.45, 2.75) is 39.2 Å². The lowest BCUT2D eigenvalue weighted by Crippen LogP contribution is -2.41. The standard InChI is InChI=1S/C11H19N3OS/c1-11(2,3)14-9(15)6-10-13-8(4-5-12)7-16-10/h7H,4-6,12H2,1-3H3,(H,14,15). The topological polar surface area (TPSA) is 68.0 Å². The molecule has 0 saturated heterocycles. The third kappa shape index (κ3) is 4.72. The maximum absolute atomic E-state index is 11.6. The summed E-state index contributed by atoms with van der Waals surface area (Å²) >= 11 is 1.52. The minimum absolute atomic E-state index is 0.0150. The lowest BCUT2D eigenvalue weighted by molar-refractivity contribution is -0.121. The quantitative estimate of drug-likeness (QED) is 0.829. The maximum atomic E-state index is 11.6. The Hall–Kier alpha value is -0.940. The number of nitrogens with one attached hydrogen (secondary N) is 1. The van der Waals surface area contributed by atoms with E-state index in [9.17, 15) is 4.79 Å². The molecule has 5 heteroatoms. The molecule has 3 N–H and O–H groups in total. The van der Waals surface area contributed by atoms with Crippen molar-refractivity contribution in [1.29, 1.82) is 0 Å². The molecule has 0 saturated carbocycles. The van der Waals surface area contributed by atoms with Crippen LogP contribution in [0.2, 0.25) is 0 Å². The number of hydrogen-bond acceptors (Lipinski definition) is 4. The average Bonchev–Trinajstić information content (AvgIpc) is 2.49. The molecule has 0 unspecified atom stereocenters. The first kappa shape index (κ1) is 13.1. The van der Waals surface area contributed by atoms with E-state index in [1.165, 1.54) is 11.3 Å². The summed E-state index contributed by atoms with van der Waals surface area (Å²) in [6, 6.07) is 0. The lowest BCUT2D eigenvalue weighted by atomic mass is 10.1. The van der Waals surface area contributed by atoms with Gasteiger partial charge in [0.2, 0.25) is 5.91 Å². The number of aromatic nitrogens is 1. The SMILES string of the molecule is CC(C)(C)NC(=O)Cc1nc(CCN)cs1. The molecule has 1 rings (SSSR count). The highest BCUT2D eigenvalue weighted by Gasteiger charge is 2.15. The fourth-order valence-corrected chi connectivity index (χ4v) is 2.12. The van der Waals surface area contributed by atoms with Crippen LogP contribution in [-0.2, 0) is 17.6 Å². The van der Waals surface area contributed by atoms with E-state index in [0.717, 1.165) is 17.1 Å². The number of hydrogen-bond donors (Lipinski definition) is 2. The second-order valence-electron chi connectivity index (χ2n) is 4.75. The van der Waals surface area contributed by atoms with Gasteiger partial charge in [-0.1, -0.05) is 0 Å². The van der Waals surface area contributed by atoms with Gasteiger partial charge in [0.1, 0.15) is 5.01 Å². The van der Waals surface area contributed by atoms with Crippen LogP contribution >= 0.6 is 11.3 Å². The molecular formula is C11H19N3OS. The van der Waals surface area contributed by atoms with Crippen LogP contribution < -0.4 is 11.1 Å². The van der Waals surface area contributed by atoms with E-state index in [0.29, 0.717) is 13.0 Å². The first-order valence-corrected chi connectivity index (χ1v) is 6.23. The number of rotatable bonds is 4. The normalized spacial score (nSPS) is 11.5. The van der Waals surface area contributed by atoms with Crippen LogP contribution in [0, 0.1) is 0 Å². The third-order valence-corrected chi connectivity index (χ3v) is 2.72. The minimum atomic E-state index is -0.186. The van der Waals surface area contributed by atoms with Crippen LogP contribution in [0.3, 0.4) is 0 Å². The van der Waals surface area contributed by atoms with Crippen LogP contribution in [0.5, 0.6) is 0 Å². The molecule has 0 aliphatic carbocycles. The molecule has 1 aromatic heterocycles. The largest absolute Gasteiger partial charge is 0.351 e. The van der Waals surface area contributed by atoms with Crippen molar-refractivity contribution in [1.82, 2.24) is 10.3 Å². The van der Waals surface area contributed by atoms with E-state index in [1.54, 1.807) is 0 Å². The number of thiazole rings is 1. The van der Waals surface area contributed by atoms with Crippen molar-refractivity contribution < 1.29 is 4.79 Å². The van der Waals surface area contributed by atoms with E-state index >= 15 is 0 Å². The second-order valence-corrected chi connectivity index (χ2v) is 5.69. The van der Waals surface area contributed by atoms with Gasteiger partial charge in [-0.05, 0) is 27.3 Å². The predicted molar refractivity (Wildman–Crippen MR) is 66.5 cm³/mol. The van der Waals surface area contributed by atoms with E-state index < -0.39 is 0 Å². The van der Waals surface area contributed by atoms with Crippen molar-refractivity contribution in [3.05, 3.63) is 16.1 Å². The number of carbonyl (C=O) groups is 1. The molecule has 1 amide bonds. The molecule has 0 aliphatic heterocycles. The first-order chi connectivity index (χ1) is 7.40. The summed E-state index contributed by atoms with van der Waals surface area (Å²) in [6.45, 7) is 6.49. The van der Waals surface area contributed by atoms with Crippen molar-refractivity contribution in [2.75, 3.05) is 6.54 Å². The Morgan fingerprint density at radius 1 is 1.56 bits per heavy atom. The summed E-state index contributed by atoms with van der Waals surface area (Å²) in [4.78, 5) is 16.0. The summed E-state index contributed by atoms with van der Waals surface area (Å²) in [5.74, 6) is 0.0150. The molecule has 0 radical (unpaired) electrons. The Morgan fingerprint density at radius 3 is 2.81 bits per heavy atom. The third-order valence-electron chi connectivity index (χ3n) is 1.83. The fourth-order valence-electron chi connectivity index (χ4n) is 1.29. The number of nitrogens with two attached hydrogens (primary N) is 1. The Morgan fingerprint density at radius 2 is 2.25 bits per heavy atom. The van der Waals surface area contributed by atoms with Gasteiger partial charge in [0, 0.05) is 17.3 Å². The zero-order valence-corrected chi connectivity index (χ0v) is 10.9. The van der Waals surface area contributed by atoms with Crippen molar-refractivity contribution >= 4 is 17.2 Å². The molecule has 0 aromatic carbocycles. The molecule has 0 fully saturated rings. The minimum Gasteiger partial charge on any atom is -0.351 e. The molecular weight excluding hydrogens is 222 g/mol. The Labute approximate surface area is 100 Å². The molecule has 0 atom stereocenters. The van der Waals surface area contributed by atoms with Gasteiger partial charge in [0.25, 0.3) is 0 Å². The van der Waals surface area contributed by atoms with Crippen molar-refractivity contribution in [3.8, 4) is 0 Å². The Bertz CT molecular complexity index is 354. The average molecular weight is 241 g/mol. The second kappa shape index (κ2) is 5.41. The van der Waals surface area contributed by atoms with Crippen LogP contribution in [0.4, 0.5) is 0 Å². The van der Waals surface area contributed by atoms with Crippen LogP contribution in [0.15, 0.2) is 5.38 Å². The van der Waals surface area contributed by atoms with Crippen molar-refractivity contribution in [2.24, 2.45) is 5.73 Å². The zero-order chi connectivity index (χ0) is 12.2. The smallest absolute Gasteiger partial charge is 0.227 e. The molecule has 0 bridgehead atoms. The van der Waals surface area contributed by atoms with Crippen LogP contribution in [0.25, 0.3) is 0 Å². The molecule has 0 spiro atoms. The van der Waals surface area contributed by atoms with Gasteiger partial charge in [-0.3, -0.25) is 4.79 Å². The van der Waals surface area contributed by atoms with Gasteiger partial charge in [-0.15, -0.1) is 11.3 Å². The van der Waals surface area contributed by atoms with E-state index in [-0.39, 0.29) is 11.4 Å². The van der Waals surface area contributed by atoms with E-state index in [4.69, 9.17) is 5.73 Å². The van der Waals surface area contributed by atoms with Gasteiger partial charge in [-0.25, -0.2) is 4.98 Å². The van der Waals surface area contributed by atoms with Gasteiger partial charge in [0.15, 0.2) is 0 Å². The molecule has 0 aliphatic rings. The molecule has 4 nitrogen and oxygen atoms in total. The van der Waals surface area contributed by atoms with Crippen molar-refractivity contribution in [3.63, 3.8) is 0 Å². The molecule has 1 aromatic rings. The summed E-state index contributed by atoms with van der Waals surface area (Å²) < 4.78 is 0. The predicted octanol–water partition coefficient (Wildman–Crippen LogP) is 1.10. The summed E-state index contributed by atoms with van der Waals surface area (Å²) in [5, 5.41) is 5.73. The molecule has 16 heavy (non-hydrogen) atoms. The van der Waals surface area contributed by atoms with Gasteiger partial charge in [-0.2, -0.15) is 0 Å². The van der Waals surface area contributed by atoms with E-state index in [2.05, 4.69) is 10.3 Å². The number of carbonyl (C=O) groups excluding carboxylic acids is 1. The van der Waals surface area contributed by atoms with Gasteiger partial charge < -0.3 is 11.1 Å². The summed E-state index contributed by atoms with van der Waals surface area (Å²) in [6.07, 6.45) is 1.13. The monoisotopic (exact) mass is 241 g/mol. The van der Waals surface area contributed by atoms with E-state index in [1.807, 2.05) is 26.2 Å². The zero-order valence-electron chi connectivity index (χ0n) is 10.0. The van der Waals surface area contributed by atoms with Gasteiger partial charge >= 0.3 is 0 Å². The fraction of sp³-hybridized carbons (Fsp3) is 0.636. The molecule has 90 valence electrons. The van der Waals surface area contributed by atoms with Gasteiger partial charge in [0.05, 0.1) is 12.1 Å². The maximum Gasteiger partial charge on any atom is 0.227 e. The van der Waals surface area contributed by atoms with Crippen LogP contribution in [-0.4, -0.2) is 23.0 Å². The highest BCUT2D eigenvalue weighted by Crippen LogP contribution is 2.11. The highest BCUT2D eigenvalue weighted by molar-refractivity contribution is 7.09. The summed E-state index contributed by atoms with van der Waals surface area (Å²) in [5.41, 5.74) is 6.23. The number of nitrogens with zero attached hydrogens (tertiary/aromatic N) is 1. The Kier molecular flexibility index (Phi) is 4.44. The van der Waals surface area contributed by atoms with Crippen LogP contribution in [0.1, 0.15) is 31.5 Å². The number of amides is 1. The lowest BCUT2D eigenvalue weighted by Gasteiger charge is -2.19. The Balaban J connectivity index is 2.50.